The molecule has 0 saturated carbocycles. The van der Waals surface area contributed by atoms with Crippen molar-refractivity contribution >= 4 is 17.7 Å². The van der Waals surface area contributed by atoms with Gasteiger partial charge in [0, 0.05) is 23.4 Å². The van der Waals surface area contributed by atoms with Gasteiger partial charge in [-0.05, 0) is 76.2 Å². The molecule has 2 aromatic carbocycles. The molecule has 0 fully saturated rings. The van der Waals surface area contributed by atoms with E-state index in [4.69, 9.17) is 9.26 Å². The number of hydrogen-bond donors (Lipinski definition) is 3. The average molecular weight is 505 g/mol. The van der Waals surface area contributed by atoms with Crippen molar-refractivity contribution in [2.75, 3.05) is 18.9 Å². The highest BCUT2D eigenvalue weighted by Gasteiger charge is 2.26. The Labute approximate surface area is 218 Å². The summed E-state index contributed by atoms with van der Waals surface area (Å²) in [7, 11) is 1.50. The highest BCUT2D eigenvalue weighted by Crippen LogP contribution is 2.30. The summed E-state index contributed by atoms with van der Waals surface area (Å²) in [6, 6.07) is 11.3. The highest BCUT2D eigenvalue weighted by molar-refractivity contribution is 5.74. The number of benzene rings is 2. The summed E-state index contributed by atoms with van der Waals surface area (Å²) in [6.07, 6.45) is 2.10. The fourth-order valence-electron chi connectivity index (χ4n) is 3.37. The second kappa shape index (κ2) is 13.3. The predicted octanol–water partition coefficient (Wildman–Crippen LogP) is 5.69. The lowest BCUT2D eigenvalue weighted by Crippen LogP contribution is -2.26. The summed E-state index contributed by atoms with van der Waals surface area (Å²) in [5.74, 6) is 6.89. The number of ether oxygens (including phenoxy) is 1. The average Bonchev–Trinajstić information content (AvgIpc) is 3.41. The second-order valence-electron chi connectivity index (χ2n) is 8.54. The third kappa shape index (κ3) is 7.21. The molecule has 0 bridgehead atoms. The minimum Gasteiger partial charge on any atom is -0.481 e. The van der Waals surface area contributed by atoms with Gasteiger partial charge in [-0.15, -0.1) is 0 Å². The first-order valence-corrected chi connectivity index (χ1v) is 12.2. The van der Waals surface area contributed by atoms with Crippen LogP contribution in [0.25, 0.3) is 28.9 Å². The summed E-state index contributed by atoms with van der Waals surface area (Å²) in [5, 5.41) is 16.7. The molecule has 37 heavy (non-hydrogen) atoms. The Morgan fingerprint density at radius 3 is 2.59 bits per heavy atom. The zero-order valence-electron chi connectivity index (χ0n) is 22.4. The van der Waals surface area contributed by atoms with Gasteiger partial charge in [0.15, 0.2) is 6.10 Å². The van der Waals surface area contributed by atoms with Crippen molar-refractivity contribution in [1.82, 2.24) is 10.1 Å². The normalized spacial score (nSPS) is 13.2. The lowest BCUT2D eigenvalue weighted by Gasteiger charge is -2.20. The number of nitrogens with one attached hydrogen (secondary N) is 1. The Kier molecular flexibility index (Phi) is 10.5. The number of carbonyl (C=O) groups is 1. The number of nitrogens with zero attached hydrogens (tertiary/aromatic N) is 2. The summed E-state index contributed by atoms with van der Waals surface area (Å²) in [6.45, 7) is 13.7. The minimum atomic E-state index is -0.815. The van der Waals surface area contributed by atoms with Gasteiger partial charge in [0.1, 0.15) is 5.75 Å². The number of aliphatic carboxylic acids is 1. The molecule has 0 radical (unpaired) electrons. The second-order valence-corrected chi connectivity index (χ2v) is 8.54. The summed E-state index contributed by atoms with van der Waals surface area (Å²) < 4.78 is 11.2. The molecular formula is C29H36N4O4. The van der Waals surface area contributed by atoms with Crippen molar-refractivity contribution in [3.8, 4) is 40.4 Å². The first kappa shape index (κ1) is 29.1. The molecule has 1 aliphatic heterocycles. The minimum absolute atomic E-state index is 0.126. The molecule has 0 saturated heterocycles. The van der Waals surface area contributed by atoms with Crippen LogP contribution in [0, 0.1) is 17.3 Å². The quantitative estimate of drug-likeness (QED) is 0.334. The zero-order chi connectivity index (χ0) is 27.6. The molecule has 1 aromatic heterocycles. The van der Waals surface area contributed by atoms with E-state index in [9.17, 15) is 9.90 Å². The van der Waals surface area contributed by atoms with Crippen LogP contribution >= 0.6 is 0 Å². The summed E-state index contributed by atoms with van der Waals surface area (Å²) in [4.78, 5) is 15.8. The van der Waals surface area contributed by atoms with Gasteiger partial charge < -0.3 is 25.4 Å². The number of nitrogens with two attached hydrogens (primary N) is 1. The molecule has 0 aliphatic carbocycles. The third-order valence-corrected chi connectivity index (χ3v) is 5.54. The lowest BCUT2D eigenvalue weighted by molar-refractivity contribution is -0.147. The Bertz CT molecular complexity index is 1280. The van der Waals surface area contributed by atoms with Gasteiger partial charge in [0.05, 0.1) is 11.0 Å². The summed E-state index contributed by atoms with van der Waals surface area (Å²) in [5.41, 5.74) is 7.77. The monoisotopic (exact) mass is 504 g/mol. The number of carboxylic acid groups (broad SMARTS) is 1. The fraction of sp³-hybridized carbons (Fsp3) is 0.345. The lowest BCUT2D eigenvalue weighted by atomic mass is 9.89. The standard InChI is InChI=1S/C26H25N3O4.C2H6.CH5N/c1-5-17-14-19(8-10-21(17)27-13-12-26(3,4)25(30)31)23-28-24(33-29-23)20-9-11-22-18(15-20)7-6-16(2)32-22;2*1-2/h5,8-11,14-16,27H,1,12-13H2,2-4H3,(H,30,31);1-2H3;2H2,1H3. The van der Waals surface area contributed by atoms with Gasteiger partial charge in [-0.2, -0.15) is 4.98 Å². The van der Waals surface area contributed by atoms with E-state index in [1.165, 1.54) is 7.05 Å². The Morgan fingerprint density at radius 1 is 1.22 bits per heavy atom. The van der Waals surface area contributed by atoms with E-state index < -0.39 is 11.4 Å². The smallest absolute Gasteiger partial charge is 0.309 e. The number of rotatable bonds is 8. The fourth-order valence-corrected chi connectivity index (χ4v) is 3.37. The number of anilines is 1. The van der Waals surface area contributed by atoms with E-state index in [1.54, 1.807) is 19.9 Å². The van der Waals surface area contributed by atoms with Gasteiger partial charge >= 0.3 is 5.97 Å². The molecular weight excluding hydrogens is 468 g/mol. The van der Waals surface area contributed by atoms with E-state index in [0.29, 0.717) is 24.7 Å². The van der Waals surface area contributed by atoms with E-state index in [0.717, 1.165) is 33.7 Å². The molecule has 3 aromatic rings. The first-order valence-electron chi connectivity index (χ1n) is 12.2. The van der Waals surface area contributed by atoms with Crippen molar-refractivity contribution in [2.24, 2.45) is 11.1 Å². The van der Waals surface area contributed by atoms with Crippen LogP contribution in [0.5, 0.6) is 5.75 Å². The van der Waals surface area contributed by atoms with Crippen LogP contribution in [0.4, 0.5) is 5.69 Å². The zero-order valence-corrected chi connectivity index (χ0v) is 22.4. The molecule has 4 N–H and O–H groups in total. The van der Waals surface area contributed by atoms with Crippen molar-refractivity contribution in [2.45, 2.75) is 47.1 Å². The van der Waals surface area contributed by atoms with Crippen LogP contribution < -0.4 is 15.8 Å². The number of fused-ring (bicyclic) bond motifs is 1. The van der Waals surface area contributed by atoms with Crippen LogP contribution in [0.3, 0.4) is 0 Å². The number of aromatic nitrogens is 2. The molecule has 4 rings (SSSR count). The molecule has 8 heteroatoms. The molecule has 1 unspecified atom stereocenters. The van der Waals surface area contributed by atoms with Crippen molar-refractivity contribution < 1.29 is 19.2 Å². The third-order valence-electron chi connectivity index (χ3n) is 5.54. The van der Waals surface area contributed by atoms with Crippen molar-refractivity contribution in [3.05, 3.63) is 54.1 Å². The van der Waals surface area contributed by atoms with Crippen LogP contribution in [-0.4, -0.2) is 40.9 Å². The van der Waals surface area contributed by atoms with Gasteiger partial charge in [-0.1, -0.05) is 43.5 Å². The number of hydrogen-bond acceptors (Lipinski definition) is 7. The van der Waals surface area contributed by atoms with Crippen LogP contribution in [0.2, 0.25) is 0 Å². The predicted molar refractivity (Wildman–Crippen MR) is 148 cm³/mol. The maximum absolute atomic E-state index is 11.3. The molecule has 196 valence electrons. The molecule has 0 amide bonds. The summed E-state index contributed by atoms with van der Waals surface area (Å²) >= 11 is 0. The van der Waals surface area contributed by atoms with Crippen LogP contribution in [0.1, 0.15) is 52.2 Å². The SMILES string of the molecule is C=Cc1cc(-c2noc(-c3ccc4c(c3)C#CC(C)O4)n2)ccc1NCCC(C)(C)C(=O)O.CC.CN. The van der Waals surface area contributed by atoms with E-state index in [-0.39, 0.29) is 6.10 Å². The highest BCUT2D eigenvalue weighted by atomic mass is 16.5. The molecule has 8 nitrogen and oxygen atoms in total. The van der Waals surface area contributed by atoms with Crippen molar-refractivity contribution in [1.29, 1.82) is 0 Å². The molecule has 0 spiro atoms. The Hall–Kier alpha value is -4.09. The Balaban J connectivity index is 0.00000115. The van der Waals surface area contributed by atoms with E-state index in [1.807, 2.05) is 57.2 Å². The maximum atomic E-state index is 11.3. The topological polar surface area (TPSA) is 124 Å². The molecule has 1 atom stereocenters. The van der Waals surface area contributed by atoms with E-state index in [2.05, 4.69) is 39.6 Å². The number of carboxylic acids is 1. The van der Waals surface area contributed by atoms with Crippen molar-refractivity contribution in [3.63, 3.8) is 0 Å². The van der Waals surface area contributed by atoms with Crippen LogP contribution in [0.15, 0.2) is 47.5 Å². The van der Waals surface area contributed by atoms with Crippen LogP contribution in [-0.2, 0) is 4.79 Å². The molecule has 2 heterocycles. The molecule has 1 aliphatic rings. The Morgan fingerprint density at radius 2 is 1.92 bits per heavy atom. The van der Waals surface area contributed by atoms with Gasteiger partial charge in [-0.25, -0.2) is 0 Å². The van der Waals surface area contributed by atoms with Gasteiger partial charge in [0.25, 0.3) is 5.89 Å². The van der Waals surface area contributed by atoms with Gasteiger partial charge in [0.2, 0.25) is 5.82 Å². The first-order chi connectivity index (χ1) is 17.8. The largest absolute Gasteiger partial charge is 0.481 e. The van der Waals surface area contributed by atoms with E-state index >= 15 is 0 Å². The van der Waals surface area contributed by atoms with Gasteiger partial charge in [-0.3, -0.25) is 4.79 Å². The maximum Gasteiger partial charge on any atom is 0.309 e.